The molecule has 0 radical (unpaired) electrons. The molecule has 194 valence electrons. The van der Waals surface area contributed by atoms with E-state index in [0.29, 0.717) is 38.7 Å². The second kappa shape index (κ2) is 12.3. The number of ether oxygens (including phenoxy) is 1. The summed E-state index contributed by atoms with van der Waals surface area (Å²) < 4.78 is 7.56. The number of nitrogens with zero attached hydrogens (tertiary/aromatic N) is 4. The van der Waals surface area contributed by atoms with Crippen molar-refractivity contribution in [2.75, 3.05) is 38.3 Å². The van der Waals surface area contributed by atoms with Gasteiger partial charge in [-0.15, -0.1) is 0 Å². The molecule has 0 bridgehead atoms. The van der Waals surface area contributed by atoms with Crippen molar-refractivity contribution in [3.63, 3.8) is 0 Å². The highest BCUT2D eigenvalue weighted by molar-refractivity contribution is 5.94. The molecule has 8 nitrogen and oxygen atoms in total. The third-order valence-corrected chi connectivity index (χ3v) is 6.72. The standard InChI is InChI=1S/C28H40N6O2/c1-21(2)11-14-33-26-10-9-22(18-30-13-6-12-29)17-24(26)31-27(33)20-34-25-8-5-4-7-23(25)19-32(28(34)35)15-16-36-3/h4-5,7-10,17,21,30H,6,11-16,18-20,29H2,1-3H3. The molecule has 4 rings (SSSR count). The molecule has 0 unspecified atom stereocenters. The fourth-order valence-electron chi connectivity index (χ4n) is 4.68. The minimum absolute atomic E-state index is 0.00184. The van der Waals surface area contributed by atoms with Crippen LogP contribution >= 0.6 is 0 Å². The Morgan fingerprint density at radius 3 is 2.78 bits per heavy atom. The lowest BCUT2D eigenvalue weighted by Crippen LogP contribution is -2.48. The Bertz CT molecular complexity index is 1160. The zero-order chi connectivity index (χ0) is 25.5. The zero-order valence-electron chi connectivity index (χ0n) is 21.9. The number of anilines is 1. The number of hydrogen-bond donors (Lipinski definition) is 2. The van der Waals surface area contributed by atoms with Gasteiger partial charge in [-0.1, -0.05) is 38.1 Å². The molecule has 36 heavy (non-hydrogen) atoms. The Labute approximate surface area is 214 Å². The van der Waals surface area contributed by atoms with E-state index in [1.54, 1.807) is 7.11 Å². The fraction of sp³-hybridized carbons (Fsp3) is 0.500. The highest BCUT2D eigenvalue weighted by atomic mass is 16.5. The zero-order valence-corrected chi connectivity index (χ0v) is 21.9. The molecule has 0 saturated carbocycles. The number of aryl methyl sites for hydroxylation is 1. The van der Waals surface area contributed by atoms with E-state index >= 15 is 0 Å². The van der Waals surface area contributed by atoms with Gasteiger partial charge in [0.25, 0.3) is 0 Å². The van der Waals surface area contributed by atoms with Gasteiger partial charge in [-0.05, 0) is 61.2 Å². The summed E-state index contributed by atoms with van der Waals surface area (Å²) in [6, 6.07) is 14.7. The number of aromatic nitrogens is 2. The molecule has 0 aliphatic carbocycles. The van der Waals surface area contributed by atoms with Crippen molar-refractivity contribution in [3.8, 4) is 0 Å². The predicted molar refractivity (Wildman–Crippen MR) is 145 cm³/mol. The van der Waals surface area contributed by atoms with Crippen molar-refractivity contribution in [3.05, 3.63) is 59.4 Å². The van der Waals surface area contributed by atoms with Gasteiger partial charge in [0, 0.05) is 33.3 Å². The van der Waals surface area contributed by atoms with E-state index in [4.69, 9.17) is 15.5 Å². The molecule has 2 heterocycles. The lowest BCUT2D eigenvalue weighted by atomic mass is 10.1. The third kappa shape index (κ3) is 6.06. The minimum atomic E-state index is -0.00184. The normalized spacial score (nSPS) is 13.8. The van der Waals surface area contributed by atoms with Gasteiger partial charge in [0.15, 0.2) is 0 Å². The number of benzene rings is 2. The van der Waals surface area contributed by atoms with E-state index in [2.05, 4.69) is 48.0 Å². The van der Waals surface area contributed by atoms with Gasteiger partial charge in [0.05, 0.1) is 29.9 Å². The number of nitrogens with one attached hydrogen (secondary N) is 1. The number of para-hydroxylation sites is 1. The highest BCUT2D eigenvalue weighted by Crippen LogP contribution is 2.31. The lowest BCUT2D eigenvalue weighted by Gasteiger charge is -2.37. The minimum Gasteiger partial charge on any atom is -0.383 e. The molecular weight excluding hydrogens is 452 g/mol. The molecule has 0 fully saturated rings. The first-order valence-corrected chi connectivity index (χ1v) is 13.0. The summed E-state index contributed by atoms with van der Waals surface area (Å²) in [6.45, 7) is 9.82. The van der Waals surface area contributed by atoms with Gasteiger partial charge in [0.2, 0.25) is 0 Å². The van der Waals surface area contributed by atoms with E-state index < -0.39 is 0 Å². The number of nitrogens with two attached hydrogens (primary N) is 1. The number of amides is 2. The molecule has 8 heteroatoms. The first-order chi connectivity index (χ1) is 17.5. The SMILES string of the molecule is COCCN1Cc2ccccc2N(Cc2nc3cc(CNCCCN)ccc3n2CCC(C)C)C1=O. The van der Waals surface area contributed by atoms with E-state index in [9.17, 15) is 4.79 Å². The largest absolute Gasteiger partial charge is 0.383 e. The van der Waals surface area contributed by atoms with Crippen molar-refractivity contribution in [1.29, 1.82) is 0 Å². The van der Waals surface area contributed by atoms with E-state index in [1.165, 1.54) is 5.56 Å². The lowest BCUT2D eigenvalue weighted by molar-refractivity contribution is 0.147. The van der Waals surface area contributed by atoms with Crippen molar-refractivity contribution in [2.45, 2.75) is 52.9 Å². The molecule has 1 aliphatic heterocycles. The maximum absolute atomic E-state index is 13.6. The average Bonchev–Trinajstić information content (AvgIpc) is 3.22. The topological polar surface area (TPSA) is 88.7 Å². The van der Waals surface area contributed by atoms with E-state index in [1.807, 2.05) is 28.0 Å². The molecule has 1 aromatic heterocycles. The number of hydrogen-bond acceptors (Lipinski definition) is 5. The molecule has 0 atom stereocenters. The number of methoxy groups -OCH3 is 1. The highest BCUT2D eigenvalue weighted by Gasteiger charge is 2.31. The summed E-state index contributed by atoms with van der Waals surface area (Å²) in [6.07, 6.45) is 2.01. The molecule has 2 amide bonds. The number of urea groups is 1. The molecule has 1 aliphatic rings. The molecule has 2 aromatic carbocycles. The Balaban J connectivity index is 1.66. The smallest absolute Gasteiger partial charge is 0.325 e. The first-order valence-electron chi connectivity index (χ1n) is 13.0. The van der Waals surface area contributed by atoms with Crippen LogP contribution in [0.25, 0.3) is 11.0 Å². The predicted octanol–water partition coefficient (Wildman–Crippen LogP) is 4.11. The summed E-state index contributed by atoms with van der Waals surface area (Å²) in [7, 11) is 1.67. The van der Waals surface area contributed by atoms with E-state index in [-0.39, 0.29) is 6.03 Å². The quantitative estimate of drug-likeness (QED) is 0.351. The van der Waals surface area contributed by atoms with Crippen LogP contribution in [0.5, 0.6) is 0 Å². The average molecular weight is 493 g/mol. The first kappa shape index (κ1) is 26.1. The maximum Gasteiger partial charge on any atom is 0.325 e. The number of imidazole rings is 1. The van der Waals surface area contributed by atoms with Gasteiger partial charge < -0.3 is 25.3 Å². The van der Waals surface area contributed by atoms with Crippen molar-refractivity contribution >= 4 is 22.8 Å². The number of rotatable bonds is 13. The Morgan fingerprint density at radius 1 is 1.17 bits per heavy atom. The van der Waals surface area contributed by atoms with Crippen LogP contribution in [0.3, 0.4) is 0 Å². The Hall–Kier alpha value is -2.94. The summed E-state index contributed by atoms with van der Waals surface area (Å²) in [5.74, 6) is 1.49. The van der Waals surface area contributed by atoms with Crippen LogP contribution in [-0.2, 0) is 30.9 Å². The molecule has 0 spiro atoms. The summed E-state index contributed by atoms with van der Waals surface area (Å²) >= 11 is 0. The number of fused-ring (bicyclic) bond motifs is 2. The second-order valence-corrected chi connectivity index (χ2v) is 9.92. The van der Waals surface area contributed by atoms with Gasteiger partial charge >= 0.3 is 6.03 Å². The van der Waals surface area contributed by atoms with E-state index in [0.717, 1.165) is 60.6 Å². The van der Waals surface area contributed by atoms with Crippen LogP contribution in [-0.4, -0.2) is 53.8 Å². The van der Waals surface area contributed by atoms with Crippen molar-refractivity contribution < 1.29 is 9.53 Å². The van der Waals surface area contributed by atoms with Crippen LogP contribution < -0.4 is 16.0 Å². The summed E-state index contributed by atoms with van der Waals surface area (Å²) in [5.41, 5.74) is 11.0. The van der Waals surface area contributed by atoms with Crippen molar-refractivity contribution in [2.24, 2.45) is 11.7 Å². The van der Waals surface area contributed by atoms with Gasteiger partial charge in [-0.25, -0.2) is 9.78 Å². The summed E-state index contributed by atoms with van der Waals surface area (Å²) in [5, 5.41) is 3.45. The molecule has 3 N–H and O–H groups in total. The Kier molecular flexibility index (Phi) is 8.96. The molecule has 0 saturated heterocycles. The maximum atomic E-state index is 13.6. The van der Waals surface area contributed by atoms with Crippen molar-refractivity contribution in [1.82, 2.24) is 19.8 Å². The number of carbonyl (C=O) groups is 1. The molecular formula is C28H40N6O2. The van der Waals surface area contributed by atoms with Gasteiger partial charge in [-0.3, -0.25) is 4.90 Å². The van der Waals surface area contributed by atoms with Crippen LogP contribution in [0.4, 0.5) is 10.5 Å². The monoisotopic (exact) mass is 492 g/mol. The van der Waals surface area contributed by atoms with Crippen LogP contribution in [0.1, 0.15) is 43.6 Å². The van der Waals surface area contributed by atoms with Crippen LogP contribution in [0.15, 0.2) is 42.5 Å². The van der Waals surface area contributed by atoms with Gasteiger partial charge in [0.1, 0.15) is 5.82 Å². The molecule has 3 aromatic rings. The second-order valence-electron chi connectivity index (χ2n) is 9.92. The van der Waals surface area contributed by atoms with Crippen LogP contribution in [0, 0.1) is 5.92 Å². The fourth-order valence-corrected chi connectivity index (χ4v) is 4.68. The summed E-state index contributed by atoms with van der Waals surface area (Å²) in [4.78, 5) is 22.4. The number of carbonyl (C=O) groups excluding carboxylic acids is 1. The Morgan fingerprint density at radius 2 is 2.00 bits per heavy atom. The third-order valence-electron chi connectivity index (χ3n) is 6.72. The van der Waals surface area contributed by atoms with Crippen LogP contribution in [0.2, 0.25) is 0 Å². The van der Waals surface area contributed by atoms with Gasteiger partial charge in [-0.2, -0.15) is 0 Å².